The second kappa shape index (κ2) is 11.7. The van der Waals surface area contributed by atoms with Crippen molar-refractivity contribution in [2.24, 2.45) is 10.9 Å². The van der Waals surface area contributed by atoms with Gasteiger partial charge in [0.05, 0.1) is 6.54 Å². The van der Waals surface area contributed by atoms with Gasteiger partial charge in [-0.25, -0.2) is 4.99 Å². The van der Waals surface area contributed by atoms with E-state index in [4.69, 9.17) is 4.99 Å². The number of aliphatic imine (C=N–C) groups is 1. The average Bonchev–Trinajstić information content (AvgIpc) is 2.53. The number of nitrogens with one attached hydrogen (secondary N) is 2. The summed E-state index contributed by atoms with van der Waals surface area (Å²) >= 11 is 0. The lowest BCUT2D eigenvalue weighted by Crippen LogP contribution is -2.41. The van der Waals surface area contributed by atoms with Crippen LogP contribution in [0, 0.1) is 5.92 Å². The van der Waals surface area contributed by atoms with Crippen LogP contribution in [0.5, 0.6) is 0 Å². The Morgan fingerprint density at radius 3 is 2.64 bits per heavy atom. The first-order valence-corrected chi connectivity index (χ1v) is 9.42. The fourth-order valence-electron chi connectivity index (χ4n) is 3.29. The van der Waals surface area contributed by atoms with E-state index in [9.17, 15) is 0 Å². The second-order valence-electron chi connectivity index (χ2n) is 7.25. The molecular formula is C20H35IN4. The molecule has 0 amide bonds. The van der Waals surface area contributed by atoms with Crippen LogP contribution in [0.15, 0.2) is 29.3 Å². The Kier molecular flexibility index (Phi) is 10.4. The van der Waals surface area contributed by atoms with Crippen LogP contribution >= 0.6 is 24.0 Å². The van der Waals surface area contributed by atoms with Crippen molar-refractivity contribution in [2.45, 2.75) is 59.7 Å². The molecule has 1 unspecified atom stereocenters. The highest BCUT2D eigenvalue weighted by molar-refractivity contribution is 14.0. The summed E-state index contributed by atoms with van der Waals surface area (Å²) in [5.41, 5.74) is 2.74. The zero-order chi connectivity index (χ0) is 17.4. The molecule has 1 aromatic rings. The molecule has 0 bridgehead atoms. The molecule has 5 heteroatoms. The Hall–Kier alpha value is -0.820. The first kappa shape index (κ1) is 22.2. The normalized spacial score (nSPS) is 18.8. The molecule has 1 aromatic carbocycles. The Labute approximate surface area is 170 Å². The van der Waals surface area contributed by atoms with E-state index in [-0.39, 0.29) is 24.0 Å². The van der Waals surface area contributed by atoms with Crippen LogP contribution < -0.4 is 10.6 Å². The summed E-state index contributed by atoms with van der Waals surface area (Å²) in [4.78, 5) is 7.36. The van der Waals surface area contributed by atoms with Gasteiger partial charge < -0.3 is 10.6 Å². The molecule has 142 valence electrons. The third-order valence-electron chi connectivity index (χ3n) is 4.43. The van der Waals surface area contributed by atoms with Gasteiger partial charge in [-0.15, -0.1) is 24.0 Å². The van der Waals surface area contributed by atoms with Gasteiger partial charge in [-0.3, -0.25) is 4.90 Å². The van der Waals surface area contributed by atoms with Gasteiger partial charge in [-0.1, -0.05) is 31.2 Å². The van der Waals surface area contributed by atoms with Crippen LogP contribution in [0.25, 0.3) is 0 Å². The van der Waals surface area contributed by atoms with Crippen LogP contribution in [-0.4, -0.2) is 36.5 Å². The Morgan fingerprint density at radius 1 is 1.28 bits per heavy atom. The number of nitrogens with zero attached hydrogens (tertiary/aromatic N) is 2. The molecule has 0 saturated carbocycles. The lowest BCUT2D eigenvalue weighted by Gasteiger charge is -2.31. The van der Waals surface area contributed by atoms with E-state index in [0.29, 0.717) is 6.04 Å². The molecule has 0 aliphatic carbocycles. The van der Waals surface area contributed by atoms with Gasteiger partial charge >= 0.3 is 0 Å². The van der Waals surface area contributed by atoms with E-state index in [0.717, 1.165) is 31.5 Å². The van der Waals surface area contributed by atoms with Gasteiger partial charge in [0, 0.05) is 25.7 Å². The van der Waals surface area contributed by atoms with Crippen LogP contribution in [0.3, 0.4) is 0 Å². The Morgan fingerprint density at radius 2 is 2.00 bits per heavy atom. The van der Waals surface area contributed by atoms with Gasteiger partial charge in [0.1, 0.15) is 0 Å². The molecule has 2 N–H and O–H groups in total. The summed E-state index contributed by atoms with van der Waals surface area (Å²) in [6.45, 7) is 13.8. The van der Waals surface area contributed by atoms with Gasteiger partial charge in [-0.2, -0.15) is 0 Å². The van der Waals surface area contributed by atoms with E-state index < -0.39 is 0 Å². The lowest BCUT2D eigenvalue weighted by atomic mass is 9.99. The van der Waals surface area contributed by atoms with E-state index >= 15 is 0 Å². The van der Waals surface area contributed by atoms with Crippen molar-refractivity contribution >= 4 is 29.9 Å². The van der Waals surface area contributed by atoms with E-state index in [1.807, 2.05) is 0 Å². The first-order chi connectivity index (χ1) is 11.6. The maximum Gasteiger partial charge on any atom is 0.191 e. The molecule has 1 aliphatic heterocycles. The first-order valence-electron chi connectivity index (χ1n) is 9.42. The minimum Gasteiger partial charge on any atom is -0.357 e. The molecule has 0 aromatic heterocycles. The smallest absolute Gasteiger partial charge is 0.191 e. The number of hydrogen-bond donors (Lipinski definition) is 2. The van der Waals surface area contributed by atoms with Crippen LogP contribution in [0.4, 0.5) is 0 Å². The van der Waals surface area contributed by atoms with Crippen molar-refractivity contribution in [3.8, 4) is 0 Å². The molecule has 1 atom stereocenters. The fourth-order valence-corrected chi connectivity index (χ4v) is 3.29. The van der Waals surface area contributed by atoms with Crippen molar-refractivity contribution < 1.29 is 0 Å². The SMILES string of the molecule is CCNC(=NCc1ccccc1CN1CCCC(C)C1)NC(C)C.I. The quantitative estimate of drug-likeness (QED) is 0.385. The molecule has 1 fully saturated rings. The number of guanidine groups is 1. The molecular weight excluding hydrogens is 423 g/mol. The minimum absolute atomic E-state index is 0. The van der Waals surface area contributed by atoms with Gasteiger partial charge in [0.15, 0.2) is 5.96 Å². The second-order valence-corrected chi connectivity index (χ2v) is 7.25. The molecule has 25 heavy (non-hydrogen) atoms. The number of halogens is 1. The third kappa shape index (κ3) is 7.94. The predicted molar refractivity (Wildman–Crippen MR) is 119 cm³/mol. The number of piperidine rings is 1. The maximum absolute atomic E-state index is 4.77. The van der Waals surface area contributed by atoms with Crippen LogP contribution in [0.2, 0.25) is 0 Å². The van der Waals surface area contributed by atoms with Crippen LogP contribution in [-0.2, 0) is 13.1 Å². The molecule has 4 nitrogen and oxygen atoms in total. The number of benzene rings is 1. The predicted octanol–water partition coefficient (Wildman–Crippen LogP) is 4.00. The van der Waals surface area contributed by atoms with Crippen molar-refractivity contribution in [3.05, 3.63) is 35.4 Å². The summed E-state index contributed by atoms with van der Waals surface area (Å²) in [7, 11) is 0. The lowest BCUT2D eigenvalue weighted by molar-refractivity contribution is 0.176. The Bertz CT molecular complexity index is 530. The third-order valence-corrected chi connectivity index (χ3v) is 4.43. The molecule has 2 rings (SSSR count). The Balaban J connectivity index is 0.00000312. The largest absolute Gasteiger partial charge is 0.357 e. The van der Waals surface area contributed by atoms with E-state index in [1.165, 1.54) is 37.1 Å². The van der Waals surface area contributed by atoms with Gasteiger partial charge in [0.2, 0.25) is 0 Å². The van der Waals surface area contributed by atoms with Gasteiger partial charge in [0.25, 0.3) is 0 Å². The van der Waals surface area contributed by atoms with Crippen molar-refractivity contribution in [2.75, 3.05) is 19.6 Å². The van der Waals surface area contributed by atoms with Crippen molar-refractivity contribution in [1.82, 2.24) is 15.5 Å². The number of hydrogen-bond acceptors (Lipinski definition) is 2. The summed E-state index contributed by atoms with van der Waals surface area (Å²) in [5, 5.41) is 6.71. The highest BCUT2D eigenvalue weighted by atomic mass is 127. The minimum atomic E-state index is 0. The topological polar surface area (TPSA) is 39.7 Å². The monoisotopic (exact) mass is 458 g/mol. The summed E-state index contributed by atoms with van der Waals surface area (Å²) in [6.07, 6.45) is 2.69. The van der Waals surface area contributed by atoms with Crippen molar-refractivity contribution in [3.63, 3.8) is 0 Å². The zero-order valence-electron chi connectivity index (χ0n) is 16.2. The van der Waals surface area contributed by atoms with E-state index in [2.05, 4.69) is 67.5 Å². The molecule has 1 aliphatic rings. The average molecular weight is 458 g/mol. The van der Waals surface area contributed by atoms with Crippen molar-refractivity contribution in [1.29, 1.82) is 0 Å². The fraction of sp³-hybridized carbons (Fsp3) is 0.650. The highest BCUT2D eigenvalue weighted by Gasteiger charge is 2.17. The number of likely N-dealkylation sites (tertiary alicyclic amines) is 1. The summed E-state index contributed by atoms with van der Waals surface area (Å²) in [5.74, 6) is 1.72. The molecule has 1 heterocycles. The van der Waals surface area contributed by atoms with Crippen LogP contribution in [0.1, 0.15) is 51.7 Å². The van der Waals surface area contributed by atoms with Gasteiger partial charge in [-0.05, 0) is 57.2 Å². The number of rotatable bonds is 6. The summed E-state index contributed by atoms with van der Waals surface area (Å²) in [6, 6.07) is 9.12. The maximum atomic E-state index is 4.77. The zero-order valence-corrected chi connectivity index (χ0v) is 18.5. The van der Waals surface area contributed by atoms with E-state index in [1.54, 1.807) is 0 Å². The highest BCUT2D eigenvalue weighted by Crippen LogP contribution is 2.19. The molecule has 1 saturated heterocycles. The standard InChI is InChI=1S/C20H34N4.HI/c1-5-21-20(23-16(2)3)22-13-18-10-6-7-11-19(18)15-24-12-8-9-17(4)14-24;/h6-7,10-11,16-17H,5,8-9,12-15H2,1-4H3,(H2,21,22,23);1H. The molecule has 0 radical (unpaired) electrons. The summed E-state index contributed by atoms with van der Waals surface area (Å²) < 4.78 is 0. The molecule has 0 spiro atoms.